The molecule has 0 unspecified atom stereocenters. The molecule has 2 amide bonds. The number of hydrogen-bond acceptors (Lipinski definition) is 5. The smallest absolute Gasteiger partial charge is 0.257 e. The van der Waals surface area contributed by atoms with Crippen molar-refractivity contribution in [3.05, 3.63) is 59.0 Å². The lowest BCUT2D eigenvalue weighted by molar-refractivity contribution is -0.122. The molecule has 0 aliphatic carbocycles. The molecule has 0 saturated carbocycles. The highest BCUT2D eigenvalue weighted by Gasteiger charge is 2.15. The molecule has 10 heteroatoms. The summed E-state index contributed by atoms with van der Waals surface area (Å²) >= 11 is 0. The Bertz CT molecular complexity index is 935. The van der Waals surface area contributed by atoms with Crippen LogP contribution < -0.4 is 21.1 Å². The van der Waals surface area contributed by atoms with Crippen LogP contribution in [0.15, 0.2) is 58.4 Å². The van der Waals surface area contributed by atoms with Crippen molar-refractivity contribution in [2.24, 2.45) is 0 Å². The fourth-order valence-corrected chi connectivity index (χ4v) is 2.75. The third kappa shape index (κ3) is 5.26. The second-order valence-corrected chi connectivity index (χ2v) is 6.71. The summed E-state index contributed by atoms with van der Waals surface area (Å²) in [7, 11) is -3.99. The molecule has 2 aromatic rings. The van der Waals surface area contributed by atoms with Crippen LogP contribution in [0.3, 0.4) is 0 Å². The van der Waals surface area contributed by atoms with Crippen molar-refractivity contribution in [3.8, 4) is 0 Å². The van der Waals surface area contributed by atoms with Crippen molar-refractivity contribution in [1.82, 2.24) is 14.8 Å². The monoisotopic (exact) mass is 364 g/mol. The number of sulfonamides is 1. The van der Waals surface area contributed by atoms with Crippen LogP contribution >= 0.6 is 0 Å². The lowest BCUT2D eigenvalue weighted by Crippen LogP contribution is -2.44. The standard InChI is InChI=1S/C15H16N4O5S/c1-11(20)16-12-5-7-13(8-6-12)25(23,24)18-17-14(21)10-19-9-3-2-4-15(19)22/h2-9,18H,10H2,1H3,(H,16,20)(H,17,21). The zero-order valence-corrected chi connectivity index (χ0v) is 14.0. The van der Waals surface area contributed by atoms with Crippen LogP contribution in [0, 0.1) is 0 Å². The minimum atomic E-state index is -3.99. The van der Waals surface area contributed by atoms with Gasteiger partial charge in [-0.2, -0.15) is 0 Å². The normalized spacial score (nSPS) is 10.9. The summed E-state index contributed by atoms with van der Waals surface area (Å²) < 4.78 is 25.3. The molecule has 9 nitrogen and oxygen atoms in total. The quantitative estimate of drug-likeness (QED) is 0.613. The third-order valence-corrected chi connectivity index (χ3v) is 4.29. The van der Waals surface area contributed by atoms with Gasteiger partial charge in [-0.25, -0.2) is 8.42 Å². The zero-order valence-electron chi connectivity index (χ0n) is 13.2. The third-order valence-electron chi connectivity index (χ3n) is 3.02. The van der Waals surface area contributed by atoms with E-state index in [4.69, 9.17) is 0 Å². The van der Waals surface area contributed by atoms with Gasteiger partial charge in [-0.3, -0.25) is 19.8 Å². The van der Waals surface area contributed by atoms with Crippen molar-refractivity contribution >= 4 is 27.5 Å². The Balaban J connectivity index is 1.99. The second kappa shape index (κ2) is 7.73. The Labute approximate surface area is 143 Å². The van der Waals surface area contributed by atoms with Gasteiger partial charge in [0, 0.05) is 24.9 Å². The van der Waals surface area contributed by atoms with Gasteiger partial charge in [-0.15, -0.1) is 4.83 Å². The Hall–Kier alpha value is -2.98. The number of nitrogens with one attached hydrogen (secondary N) is 3. The molecular weight excluding hydrogens is 348 g/mol. The number of nitrogens with zero attached hydrogens (tertiary/aromatic N) is 1. The molecule has 3 N–H and O–H groups in total. The van der Waals surface area contributed by atoms with E-state index in [2.05, 4.69) is 5.32 Å². The number of anilines is 1. The molecule has 1 aromatic carbocycles. The molecule has 0 saturated heterocycles. The van der Waals surface area contributed by atoms with Crippen LogP contribution in [0.5, 0.6) is 0 Å². The van der Waals surface area contributed by atoms with Gasteiger partial charge in [0.1, 0.15) is 6.54 Å². The van der Waals surface area contributed by atoms with Crippen molar-refractivity contribution in [2.75, 3.05) is 5.32 Å². The lowest BCUT2D eigenvalue weighted by Gasteiger charge is -2.10. The molecule has 1 aromatic heterocycles. The molecule has 0 spiro atoms. The van der Waals surface area contributed by atoms with E-state index >= 15 is 0 Å². The molecule has 132 valence electrons. The van der Waals surface area contributed by atoms with Crippen molar-refractivity contribution in [1.29, 1.82) is 0 Å². The van der Waals surface area contributed by atoms with Crippen LogP contribution in [-0.2, 0) is 26.2 Å². The van der Waals surface area contributed by atoms with E-state index in [9.17, 15) is 22.8 Å². The van der Waals surface area contributed by atoms with E-state index < -0.39 is 15.9 Å². The van der Waals surface area contributed by atoms with E-state index in [-0.39, 0.29) is 22.9 Å². The molecule has 0 atom stereocenters. The number of rotatable bonds is 6. The maximum atomic E-state index is 12.1. The summed E-state index contributed by atoms with van der Waals surface area (Å²) in [6, 6.07) is 9.79. The van der Waals surface area contributed by atoms with E-state index in [1.807, 2.05) is 10.3 Å². The van der Waals surface area contributed by atoms with Gasteiger partial charge < -0.3 is 9.88 Å². The van der Waals surface area contributed by atoms with Crippen molar-refractivity contribution in [3.63, 3.8) is 0 Å². The molecule has 0 aliphatic rings. The first-order valence-electron chi connectivity index (χ1n) is 7.12. The Morgan fingerprint density at radius 3 is 2.36 bits per heavy atom. The molecule has 1 heterocycles. The fraction of sp³-hybridized carbons (Fsp3) is 0.133. The lowest BCUT2D eigenvalue weighted by atomic mass is 10.3. The van der Waals surface area contributed by atoms with Gasteiger partial charge in [0.25, 0.3) is 21.5 Å². The fourth-order valence-electron chi connectivity index (χ4n) is 1.89. The predicted molar refractivity (Wildman–Crippen MR) is 89.9 cm³/mol. The highest BCUT2D eigenvalue weighted by Crippen LogP contribution is 2.13. The van der Waals surface area contributed by atoms with Gasteiger partial charge in [0.2, 0.25) is 5.91 Å². The van der Waals surface area contributed by atoms with E-state index in [0.29, 0.717) is 5.69 Å². The highest BCUT2D eigenvalue weighted by molar-refractivity contribution is 7.89. The summed E-state index contributed by atoms with van der Waals surface area (Å²) in [5.74, 6) is -0.983. The first-order chi connectivity index (χ1) is 11.8. The van der Waals surface area contributed by atoms with Gasteiger partial charge in [0.15, 0.2) is 0 Å². The summed E-state index contributed by atoms with van der Waals surface area (Å²) in [4.78, 5) is 36.1. The van der Waals surface area contributed by atoms with Crippen molar-refractivity contribution in [2.45, 2.75) is 18.4 Å². The van der Waals surface area contributed by atoms with Gasteiger partial charge >= 0.3 is 0 Å². The number of hydrogen-bond donors (Lipinski definition) is 3. The van der Waals surface area contributed by atoms with Gasteiger partial charge in [-0.05, 0) is 30.3 Å². The SMILES string of the molecule is CC(=O)Nc1ccc(S(=O)(=O)NNC(=O)Cn2ccccc2=O)cc1. The average Bonchev–Trinajstić information content (AvgIpc) is 2.55. The minimum absolute atomic E-state index is 0.0984. The number of hydrazine groups is 1. The summed E-state index contributed by atoms with van der Waals surface area (Å²) in [5.41, 5.74) is 2.10. The number of pyridine rings is 1. The first-order valence-corrected chi connectivity index (χ1v) is 8.60. The Morgan fingerprint density at radius 1 is 1.08 bits per heavy atom. The second-order valence-electron chi connectivity index (χ2n) is 5.03. The molecule has 2 rings (SSSR count). The summed E-state index contributed by atoms with van der Waals surface area (Å²) in [6.45, 7) is 1.00. The van der Waals surface area contributed by atoms with Crippen LogP contribution in [-0.4, -0.2) is 24.8 Å². The number of aromatic nitrogens is 1. The highest BCUT2D eigenvalue weighted by atomic mass is 32.2. The van der Waals surface area contributed by atoms with Gasteiger partial charge in [0.05, 0.1) is 4.90 Å². The molecular formula is C15H16N4O5S. The molecule has 0 radical (unpaired) electrons. The van der Waals surface area contributed by atoms with Crippen LogP contribution in [0.2, 0.25) is 0 Å². The summed E-state index contributed by atoms with van der Waals surface area (Å²) in [5, 5.41) is 2.51. The Morgan fingerprint density at radius 2 is 1.76 bits per heavy atom. The average molecular weight is 364 g/mol. The molecule has 25 heavy (non-hydrogen) atoms. The predicted octanol–water partition coefficient (Wildman–Crippen LogP) is -0.184. The van der Waals surface area contributed by atoms with Crippen molar-refractivity contribution < 1.29 is 18.0 Å². The first kappa shape index (κ1) is 18.4. The molecule has 0 fully saturated rings. The summed E-state index contributed by atoms with van der Waals surface area (Å²) in [6.07, 6.45) is 1.41. The molecule has 0 aliphatic heterocycles. The number of carbonyl (C=O) groups is 2. The van der Waals surface area contributed by atoms with Crippen LogP contribution in [0.25, 0.3) is 0 Å². The number of amides is 2. The van der Waals surface area contributed by atoms with Crippen LogP contribution in [0.1, 0.15) is 6.92 Å². The van der Waals surface area contributed by atoms with Crippen LogP contribution in [0.4, 0.5) is 5.69 Å². The maximum Gasteiger partial charge on any atom is 0.257 e. The number of benzene rings is 1. The van der Waals surface area contributed by atoms with E-state index in [1.165, 1.54) is 49.5 Å². The largest absolute Gasteiger partial charge is 0.326 e. The molecule has 0 bridgehead atoms. The minimum Gasteiger partial charge on any atom is -0.326 e. The van der Waals surface area contributed by atoms with E-state index in [1.54, 1.807) is 6.07 Å². The van der Waals surface area contributed by atoms with Gasteiger partial charge in [-0.1, -0.05) is 6.07 Å². The zero-order chi connectivity index (χ0) is 18.4. The topological polar surface area (TPSA) is 126 Å². The van der Waals surface area contributed by atoms with E-state index in [0.717, 1.165) is 4.57 Å². The Kier molecular flexibility index (Phi) is 5.67. The maximum absolute atomic E-state index is 12.1. The number of carbonyl (C=O) groups excluding carboxylic acids is 2.